The van der Waals surface area contributed by atoms with Gasteiger partial charge in [0.1, 0.15) is 5.92 Å². The molecule has 274 valence electrons. The number of nitrogens with zero attached hydrogens (tertiary/aromatic N) is 4. The summed E-state index contributed by atoms with van der Waals surface area (Å²) >= 11 is 13.5. The van der Waals surface area contributed by atoms with Gasteiger partial charge in [0.15, 0.2) is 0 Å². The van der Waals surface area contributed by atoms with E-state index in [9.17, 15) is 18.6 Å². The highest BCUT2D eigenvalue weighted by Crippen LogP contribution is 2.46. The quantitative estimate of drug-likeness (QED) is 0.293. The van der Waals surface area contributed by atoms with Crippen LogP contribution in [0, 0.1) is 5.92 Å². The zero-order valence-corrected chi connectivity index (χ0v) is 31.9. The summed E-state index contributed by atoms with van der Waals surface area (Å²) in [6.45, 7) is 7.25. The highest BCUT2D eigenvalue weighted by molar-refractivity contribution is 7.85. The molecule has 0 radical (unpaired) electrons. The van der Waals surface area contributed by atoms with E-state index in [1.165, 1.54) is 27.1 Å². The Hall–Kier alpha value is -3.09. The number of piperazine rings is 1. The molecule has 6 rings (SSSR count). The molecular weight excluding hydrogens is 711 g/mol. The first-order valence-corrected chi connectivity index (χ1v) is 19.7. The Kier molecular flexibility index (Phi) is 12.0. The first kappa shape index (κ1) is 37.7. The minimum atomic E-state index is -1.63. The van der Waals surface area contributed by atoms with Gasteiger partial charge in [0.25, 0.3) is 0 Å². The molecule has 1 amide bonds. The first-order chi connectivity index (χ1) is 24.5. The van der Waals surface area contributed by atoms with Gasteiger partial charge in [-0.15, -0.1) is 0 Å². The maximum atomic E-state index is 14.1. The summed E-state index contributed by atoms with van der Waals surface area (Å²) < 4.78 is 24.2. The number of rotatable bonds is 10. The second kappa shape index (κ2) is 16.3. The zero-order chi connectivity index (χ0) is 36.4. The van der Waals surface area contributed by atoms with Crippen LogP contribution in [-0.4, -0.2) is 113 Å². The number of amides is 1. The van der Waals surface area contributed by atoms with Crippen molar-refractivity contribution < 1.29 is 28.1 Å². The summed E-state index contributed by atoms with van der Waals surface area (Å²) in [5.74, 6) is -4.18. The van der Waals surface area contributed by atoms with E-state index < -0.39 is 34.6 Å². The van der Waals surface area contributed by atoms with E-state index in [4.69, 9.17) is 37.7 Å². The molecule has 2 aromatic carbocycles. The lowest BCUT2D eigenvalue weighted by Gasteiger charge is -2.47. The summed E-state index contributed by atoms with van der Waals surface area (Å²) in [6, 6.07) is 16.0. The normalized spacial score (nSPS) is 26.2. The molecule has 2 aromatic rings. The third-order valence-electron chi connectivity index (χ3n) is 10.9. The molecule has 3 fully saturated rings. The molecule has 0 aromatic heterocycles. The Balaban J connectivity index is 1.30. The van der Waals surface area contributed by atoms with Gasteiger partial charge in [0.05, 0.1) is 48.5 Å². The number of carbonyl (C=O) groups excluding carboxylic acids is 3. The summed E-state index contributed by atoms with van der Waals surface area (Å²) in [7, 11) is 0.835. The van der Waals surface area contributed by atoms with E-state index in [1.807, 2.05) is 11.0 Å². The fourth-order valence-corrected chi connectivity index (χ4v) is 10.4. The standard InChI is InChI=1S/C38H46Cl2N4O6S/c1-23(2)44-24-13-14-25(44)20-26(19-24)42-15-17-43(18-16-42)32(45)21-30-34(37(46)49-3)36(33-28(39)11-8-12-29(33)40)35(38(47)50-4)31(41-30)22-51(48)27-9-6-5-7-10-27/h5-12,23-26,34,36H,13-22H2,1-4H3/t24?,25?,26?,34?,36-,51?/m0/s1. The van der Waals surface area contributed by atoms with Crippen molar-refractivity contribution in [1.29, 1.82) is 0 Å². The molecule has 4 unspecified atom stereocenters. The van der Waals surface area contributed by atoms with Gasteiger partial charge in [0.2, 0.25) is 5.91 Å². The lowest BCUT2D eigenvalue weighted by atomic mass is 9.74. The molecule has 4 aliphatic heterocycles. The molecule has 0 N–H and O–H groups in total. The first-order valence-electron chi connectivity index (χ1n) is 17.7. The van der Waals surface area contributed by atoms with Gasteiger partial charge in [-0.05, 0) is 69.4 Å². The van der Waals surface area contributed by atoms with Crippen molar-refractivity contribution in [3.63, 3.8) is 0 Å². The number of hydrogen-bond acceptors (Lipinski definition) is 9. The Morgan fingerprint density at radius 2 is 1.51 bits per heavy atom. The van der Waals surface area contributed by atoms with Crippen molar-refractivity contribution in [3.05, 3.63) is 75.4 Å². The second-order valence-corrected chi connectivity index (χ2v) is 16.3. The molecule has 51 heavy (non-hydrogen) atoms. The third kappa shape index (κ3) is 7.83. The molecule has 10 nitrogen and oxygen atoms in total. The predicted octanol–water partition coefficient (Wildman–Crippen LogP) is 5.49. The number of halogens is 2. The van der Waals surface area contributed by atoms with Gasteiger partial charge in [-0.2, -0.15) is 0 Å². The summed E-state index contributed by atoms with van der Waals surface area (Å²) in [4.78, 5) is 53.8. The third-order valence-corrected chi connectivity index (χ3v) is 12.9. The Labute approximate surface area is 312 Å². The van der Waals surface area contributed by atoms with Gasteiger partial charge in [0, 0.05) is 76.9 Å². The van der Waals surface area contributed by atoms with Crippen LogP contribution in [0.3, 0.4) is 0 Å². The number of aliphatic imine (C=N–C) groups is 1. The zero-order valence-electron chi connectivity index (χ0n) is 29.6. The summed E-state index contributed by atoms with van der Waals surface area (Å²) in [6.07, 6.45) is 4.64. The minimum absolute atomic E-state index is 0.00512. The second-order valence-electron chi connectivity index (χ2n) is 14.0. The number of benzene rings is 2. The molecule has 3 saturated heterocycles. The predicted molar refractivity (Wildman–Crippen MR) is 198 cm³/mol. The lowest BCUT2D eigenvalue weighted by molar-refractivity contribution is -0.143. The van der Waals surface area contributed by atoms with E-state index >= 15 is 0 Å². The van der Waals surface area contributed by atoms with E-state index in [1.54, 1.807) is 42.5 Å². The van der Waals surface area contributed by atoms with E-state index in [2.05, 4.69) is 23.6 Å². The molecule has 0 spiro atoms. The van der Waals surface area contributed by atoms with Gasteiger partial charge < -0.3 is 14.4 Å². The van der Waals surface area contributed by atoms with Crippen LogP contribution in [-0.2, 0) is 34.7 Å². The number of methoxy groups -OCH3 is 2. The van der Waals surface area contributed by atoms with E-state index in [0.29, 0.717) is 47.7 Å². The van der Waals surface area contributed by atoms with Gasteiger partial charge in [-0.3, -0.25) is 28.6 Å². The van der Waals surface area contributed by atoms with Gasteiger partial charge in [-0.25, -0.2) is 4.79 Å². The summed E-state index contributed by atoms with van der Waals surface area (Å²) in [5, 5.41) is 0.422. The van der Waals surface area contributed by atoms with Crippen molar-refractivity contribution in [2.75, 3.05) is 46.2 Å². The fourth-order valence-electron chi connectivity index (χ4n) is 8.68. The van der Waals surface area contributed by atoms with Gasteiger partial charge >= 0.3 is 11.9 Å². The topological polar surface area (TPSA) is 109 Å². The van der Waals surface area contributed by atoms with Crippen molar-refractivity contribution in [3.8, 4) is 0 Å². The molecular formula is C38H46Cl2N4O6S. The maximum absolute atomic E-state index is 14.1. The van der Waals surface area contributed by atoms with Crippen LogP contribution in [0.2, 0.25) is 10.0 Å². The number of fused-ring (bicyclic) bond motifs is 2. The molecule has 4 aliphatic rings. The van der Waals surface area contributed by atoms with E-state index in [0.717, 1.165) is 25.9 Å². The average Bonchev–Trinajstić information content (AvgIpc) is 3.41. The van der Waals surface area contributed by atoms with Crippen molar-refractivity contribution in [2.45, 2.75) is 80.9 Å². The maximum Gasteiger partial charge on any atom is 0.336 e. The van der Waals surface area contributed by atoms with Crippen LogP contribution in [0.1, 0.15) is 57.4 Å². The molecule has 0 aliphatic carbocycles. The number of piperidine rings is 1. The Morgan fingerprint density at radius 3 is 2.08 bits per heavy atom. The van der Waals surface area contributed by atoms with Crippen LogP contribution < -0.4 is 0 Å². The number of hydrogen-bond donors (Lipinski definition) is 0. The van der Waals surface area contributed by atoms with Crippen LogP contribution in [0.4, 0.5) is 0 Å². The van der Waals surface area contributed by atoms with Crippen LogP contribution in [0.5, 0.6) is 0 Å². The number of esters is 2. The molecule has 13 heteroatoms. The van der Waals surface area contributed by atoms with Crippen molar-refractivity contribution >= 4 is 57.6 Å². The highest BCUT2D eigenvalue weighted by Gasteiger charge is 2.47. The SMILES string of the molecule is COC(=O)C1=C(CS(=O)c2ccccc2)N=C(CC(=O)N2CCN(C3CC4CCC(C3)N4C(C)C)CC2)C(C(=O)OC)[C@@H]1c1c(Cl)cccc1Cl. The monoisotopic (exact) mass is 756 g/mol. The molecule has 5 atom stereocenters. The van der Waals surface area contributed by atoms with Crippen molar-refractivity contribution in [1.82, 2.24) is 14.7 Å². The van der Waals surface area contributed by atoms with Crippen LogP contribution in [0.15, 0.2) is 69.7 Å². The molecule has 0 saturated carbocycles. The fraction of sp³-hybridized carbons (Fsp3) is 0.526. The average molecular weight is 758 g/mol. The minimum Gasteiger partial charge on any atom is -0.468 e. The van der Waals surface area contributed by atoms with Crippen LogP contribution in [0.25, 0.3) is 0 Å². The molecule has 2 bridgehead atoms. The van der Waals surface area contributed by atoms with Gasteiger partial charge in [-0.1, -0.05) is 47.5 Å². The number of ether oxygens (including phenoxy) is 2. The smallest absolute Gasteiger partial charge is 0.336 e. The lowest BCUT2D eigenvalue weighted by Crippen LogP contribution is -2.57. The molecule has 4 heterocycles. The Morgan fingerprint density at radius 1 is 0.882 bits per heavy atom. The largest absolute Gasteiger partial charge is 0.468 e. The van der Waals surface area contributed by atoms with Crippen molar-refractivity contribution in [2.24, 2.45) is 10.9 Å². The summed E-state index contributed by atoms with van der Waals surface area (Å²) in [5.41, 5.74) is 0.626. The van der Waals surface area contributed by atoms with Crippen LogP contribution >= 0.6 is 23.2 Å². The highest BCUT2D eigenvalue weighted by atomic mass is 35.5. The Bertz CT molecular complexity index is 1690. The van der Waals surface area contributed by atoms with E-state index in [-0.39, 0.29) is 45.1 Å². The number of carbonyl (C=O) groups is 3.